The van der Waals surface area contributed by atoms with Crippen molar-refractivity contribution in [3.63, 3.8) is 0 Å². The van der Waals surface area contributed by atoms with E-state index in [2.05, 4.69) is 10.1 Å². The summed E-state index contributed by atoms with van der Waals surface area (Å²) in [4.78, 5) is 4.17. The smallest absolute Gasteiger partial charge is 0.264 e. The number of aryl methyl sites for hydroxylation is 1. The van der Waals surface area contributed by atoms with Crippen LogP contribution in [0.5, 0.6) is 11.5 Å². The van der Waals surface area contributed by atoms with Gasteiger partial charge in [0.1, 0.15) is 0 Å². The number of rotatable bonds is 7. The zero-order valence-electron chi connectivity index (χ0n) is 11.6. The van der Waals surface area contributed by atoms with Crippen LogP contribution in [0.15, 0.2) is 22.7 Å². The van der Waals surface area contributed by atoms with Crippen molar-refractivity contribution in [2.45, 2.75) is 33.5 Å². The molecule has 6 heteroatoms. The Morgan fingerprint density at radius 1 is 1.25 bits per heavy atom. The van der Waals surface area contributed by atoms with Crippen LogP contribution in [0.4, 0.5) is 0 Å². The number of hydrogen-bond donors (Lipinski definition) is 1. The van der Waals surface area contributed by atoms with E-state index >= 15 is 0 Å². The van der Waals surface area contributed by atoms with Crippen LogP contribution in [-0.2, 0) is 19.6 Å². The number of benzene rings is 1. The van der Waals surface area contributed by atoms with Gasteiger partial charge in [-0.3, -0.25) is 0 Å². The third-order valence-corrected chi connectivity index (χ3v) is 2.70. The lowest BCUT2D eigenvalue weighted by molar-refractivity contribution is 0.215. The van der Waals surface area contributed by atoms with E-state index in [1.165, 1.54) is 0 Å². The molecule has 1 aromatic carbocycles. The largest absolute Gasteiger partial charge is 0.490 e. The molecule has 6 nitrogen and oxygen atoms in total. The molecule has 1 heterocycles. The Hall–Kier alpha value is -2.08. The van der Waals surface area contributed by atoms with Crippen LogP contribution in [0.25, 0.3) is 0 Å². The maximum absolute atomic E-state index is 9.36. The highest BCUT2D eigenvalue weighted by Crippen LogP contribution is 2.32. The number of hydrogen-bond acceptors (Lipinski definition) is 6. The zero-order chi connectivity index (χ0) is 14.4. The average Bonchev–Trinajstić information content (AvgIpc) is 2.94. The molecule has 20 heavy (non-hydrogen) atoms. The Kier molecular flexibility index (Phi) is 4.95. The summed E-state index contributed by atoms with van der Waals surface area (Å²) >= 11 is 0. The number of aliphatic hydroxyl groups is 1. The van der Waals surface area contributed by atoms with Gasteiger partial charge in [0.25, 0.3) is 5.89 Å². The van der Waals surface area contributed by atoms with Gasteiger partial charge in [-0.05, 0) is 13.0 Å². The van der Waals surface area contributed by atoms with E-state index < -0.39 is 0 Å². The number of ether oxygens (including phenoxy) is 2. The van der Waals surface area contributed by atoms with E-state index in [4.69, 9.17) is 14.0 Å². The van der Waals surface area contributed by atoms with Crippen molar-refractivity contribution in [1.29, 1.82) is 0 Å². The lowest BCUT2D eigenvalue weighted by atomic mass is 10.2. The Labute approximate surface area is 117 Å². The Balaban J connectivity index is 2.14. The summed E-state index contributed by atoms with van der Waals surface area (Å²) in [6.07, 6.45) is 0.709. The molecule has 0 fully saturated rings. The molecule has 108 valence electrons. The van der Waals surface area contributed by atoms with Crippen LogP contribution in [-0.4, -0.2) is 21.9 Å². The summed E-state index contributed by atoms with van der Waals surface area (Å²) in [6, 6.07) is 5.39. The molecule has 0 aliphatic heterocycles. The van der Waals surface area contributed by atoms with E-state index in [0.29, 0.717) is 41.8 Å². The predicted molar refractivity (Wildman–Crippen MR) is 71.5 cm³/mol. The molecule has 2 aromatic rings. The van der Waals surface area contributed by atoms with Crippen molar-refractivity contribution in [1.82, 2.24) is 10.1 Å². The van der Waals surface area contributed by atoms with Crippen LogP contribution in [0.3, 0.4) is 0 Å². The van der Waals surface area contributed by atoms with E-state index in [-0.39, 0.29) is 13.2 Å². The summed E-state index contributed by atoms with van der Waals surface area (Å²) in [5, 5.41) is 13.2. The summed E-state index contributed by atoms with van der Waals surface area (Å²) in [5.41, 5.74) is 0.659. The topological polar surface area (TPSA) is 77.6 Å². The van der Waals surface area contributed by atoms with Crippen molar-refractivity contribution in [3.8, 4) is 11.5 Å². The highest BCUT2D eigenvalue weighted by Gasteiger charge is 2.13. The Bertz CT molecular complexity index is 554. The van der Waals surface area contributed by atoms with Crippen molar-refractivity contribution >= 4 is 0 Å². The van der Waals surface area contributed by atoms with E-state index in [0.717, 1.165) is 0 Å². The van der Waals surface area contributed by atoms with Gasteiger partial charge in [0, 0.05) is 12.0 Å². The first-order chi connectivity index (χ1) is 9.78. The van der Waals surface area contributed by atoms with Gasteiger partial charge in [-0.1, -0.05) is 24.2 Å². The first-order valence-electron chi connectivity index (χ1n) is 6.58. The zero-order valence-corrected chi connectivity index (χ0v) is 11.6. The maximum atomic E-state index is 9.36. The quantitative estimate of drug-likeness (QED) is 0.835. The van der Waals surface area contributed by atoms with Crippen molar-refractivity contribution in [2.75, 3.05) is 6.61 Å². The minimum atomic E-state index is -0.125. The van der Waals surface area contributed by atoms with Crippen LogP contribution in [0, 0.1) is 0 Å². The van der Waals surface area contributed by atoms with Gasteiger partial charge in [0.2, 0.25) is 0 Å². The molecule has 0 radical (unpaired) electrons. The molecule has 0 bridgehead atoms. The van der Waals surface area contributed by atoms with Gasteiger partial charge in [-0.25, -0.2) is 0 Å². The molecule has 0 saturated heterocycles. The monoisotopic (exact) mass is 278 g/mol. The van der Waals surface area contributed by atoms with E-state index in [1.807, 2.05) is 19.9 Å². The lowest BCUT2D eigenvalue weighted by Crippen LogP contribution is -2.03. The standard InChI is InChI=1S/C14H18N2O4/c1-3-12-15-13(20-16-12)9-19-14-10(8-17)6-5-7-11(14)18-4-2/h5-7,17H,3-4,8-9H2,1-2H3. The normalized spacial score (nSPS) is 10.6. The minimum absolute atomic E-state index is 0.125. The molecule has 0 amide bonds. The first-order valence-corrected chi connectivity index (χ1v) is 6.58. The van der Waals surface area contributed by atoms with Gasteiger partial charge in [0.05, 0.1) is 13.2 Å². The number of aromatic nitrogens is 2. The Morgan fingerprint density at radius 3 is 2.75 bits per heavy atom. The van der Waals surface area contributed by atoms with Gasteiger partial charge in [0.15, 0.2) is 23.9 Å². The third-order valence-electron chi connectivity index (χ3n) is 2.70. The van der Waals surface area contributed by atoms with Crippen molar-refractivity contribution in [2.24, 2.45) is 0 Å². The molecular formula is C14H18N2O4. The van der Waals surface area contributed by atoms with Crippen LogP contribution >= 0.6 is 0 Å². The van der Waals surface area contributed by atoms with Crippen LogP contribution in [0.1, 0.15) is 31.1 Å². The van der Waals surface area contributed by atoms with Gasteiger partial charge >= 0.3 is 0 Å². The molecule has 0 unspecified atom stereocenters. The minimum Gasteiger partial charge on any atom is -0.490 e. The second kappa shape index (κ2) is 6.91. The molecule has 0 aliphatic rings. The Morgan fingerprint density at radius 2 is 2.10 bits per heavy atom. The number of aliphatic hydroxyl groups excluding tert-OH is 1. The fourth-order valence-corrected chi connectivity index (χ4v) is 1.75. The lowest BCUT2D eigenvalue weighted by Gasteiger charge is -2.13. The maximum Gasteiger partial charge on any atom is 0.264 e. The van der Waals surface area contributed by atoms with E-state index in [1.54, 1.807) is 12.1 Å². The predicted octanol–water partition coefficient (Wildman–Crippen LogP) is 2.10. The van der Waals surface area contributed by atoms with Gasteiger partial charge < -0.3 is 19.1 Å². The van der Waals surface area contributed by atoms with E-state index in [9.17, 15) is 5.11 Å². The molecule has 0 aliphatic carbocycles. The van der Waals surface area contributed by atoms with Gasteiger partial charge in [-0.2, -0.15) is 4.98 Å². The first kappa shape index (κ1) is 14.3. The molecule has 0 saturated carbocycles. The molecular weight excluding hydrogens is 260 g/mol. The molecule has 0 spiro atoms. The average molecular weight is 278 g/mol. The SMILES string of the molecule is CCOc1cccc(CO)c1OCc1nc(CC)no1. The third kappa shape index (κ3) is 3.27. The molecule has 1 aromatic heterocycles. The summed E-state index contributed by atoms with van der Waals surface area (Å²) < 4.78 is 16.2. The van der Waals surface area contributed by atoms with Crippen LogP contribution in [0.2, 0.25) is 0 Å². The number of nitrogens with zero attached hydrogens (tertiary/aromatic N) is 2. The summed E-state index contributed by atoms with van der Waals surface area (Å²) in [5.74, 6) is 2.14. The number of para-hydroxylation sites is 1. The summed E-state index contributed by atoms with van der Waals surface area (Å²) in [6.45, 7) is 4.38. The van der Waals surface area contributed by atoms with Gasteiger partial charge in [-0.15, -0.1) is 0 Å². The second-order valence-electron chi connectivity index (χ2n) is 4.08. The highest BCUT2D eigenvalue weighted by atomic mass is 16.5. The summed E-state index contributed by atoms with van der Waals surface area (Å²) in [7, 11) is 0. The highest BCUT2D eigenvalue weighted by molar-refractivity contribution is 5.46. The molecule has 2 rings (SSSR count). The molecule has 1 N–H and O–H groups in total. The van der Waals surface area contributed by atoms with Crippen molar-refractivity contribution < 1.29 is 19.1 Å². The fourth-order valence-electron chi connectivity index (χ4n) is 1.75. The fraction of sp³-hybridized carbons (Fsp3) is 0.429. The van der Waals surface area contributed by atoms with Crippen molar-refractivity contribution in [3.05, 3.63) is 35.5 Å². The second-order valence-corrected chi connectivity index (χ2v) is 4.08. The molecule has 0 atom stereocenters. The van der Waals surface area contributed by atoms with Crippen LogP contribution < -0.4 is 9.47 Å².